The molecule has 1 amide bonds. The topological polar surface area (TPSA) is 51.7 Å². The molecule has 26 heavy (non-hydrogen) atoms. The van der Waals surface area contributed by atoms with E-state index in [1.807, 2.05) is 48.5 Å². The highest BCUT2D eigenvalue weighted by atomic mass is 32.1. The Hall–Kier alpha value is -2.86. The molecule has 1 aromatic heterocycles. The van der Waals surface area contributed by atoms with Crippen LogP contribution in [0.5, 0.6) is 11.5 Å². The highest BCUT2D eigenvalue weighted by molar-refractivity contribution is 7.13. The quantitative estimate of drug-likeness (QED) is 0.657. The normalized spacial score (nSPS) is 10.4. The minimum absolute atomic E-state index is 0.113. The summed E-state index contributed by atoms with van der Waals surface area (Å²) in [7, 11) is 4.96. The summed E-state index contributed by atoms with van der Waals surface area (Å²) in [6.45, 7) is 0.456. The van der Waals surface area contributed by atoms with Crippen molar-refractivity contribution >= 4 is 17.2 Å². The van der Waals surface area contributed by atoms with Crippen LogP contribution in [-0.2, 0) is 6.54 Å². The van der Waals surface area contributed by atoms with E-state index in [0.717, 1.165) is 16.1 Å². The van der Waals surface area contributed by atoms with Gasteiger partial charge in [-0.1, -0.05) is 36.4 Å². The monoisotopic (exact) mass is 368 g/mol. The number of carbonyl (C=O) groups excluding carboxylic acids is 1. The molecule has 1 heterocycles. The highest BCUT2D eigenvalue weighted by Crippen LogP contribution is 2.28. The molecule has 0 saturated carbocycles. The number of methoxy groups -OCH3 is 2. The predicted molar refractivity (Wildman–Crippen MR) is 103 cm³/mol. The van der Waals surface area contributed by atoms with Crippen molar-refractivity contribution in [1.29, 1.82) is 0 Å². The van der Waals surface area contributed by atoms with Crippen molar-refractivity contribution in [3.8, 4) is 22.1 Å². The van der Waals surface area contributed by atoms with Gasteiger partial charge in [0, 0.05) is 24.5 Å². The lowest BCUT2D eigenvalue weighted by atomic mass is 10.2. The minimum Gasteiger partial charge on any atom is -0.493 e. The summed E-state index contributed by atoms with van der Waals surface area (Å²) in [6, 6.07) is 15.5. The molecule has 0 radical (unpaired) electrons. The Bertz CT molecular complexity index is 893. The van der Waals surface area contributed by atoms with Crippen LogP contribution in [0.15, 0.2) is 53.9 Å². The number of carbonyl (C=O) groups is 1. The van der Waals surface area contributed by atoms with Crippen molar-refractivity contribution in [2.75, 3.05) is 21.3 Å². The van der Waals surface area contributed by atoms with Gasteiger partial charge >= 0.3 is 0 Å². The van der Waals surface area contributed by atoms with Crippen LogP contribution in [0.3, 0.4) is 0 Å². The summed E-state index contributed by atoms with van der Waals surface area (Å²) in [4.78, 5) is 18.8. The fourth-order valence-electron chi connectivity index (χ4n) is 2.61. The van der Waals surface area contributed by atoms with E-state index in [4.69, 9.17) is 9.47 Å². The van der Waals surface area contributed by atoms with Gasteiger partial charge in [-0.15, -0.1) is 11.3 Å². The highest BCUT2D eigenvalue weighted by Gasteiger charge is 2.17. The van der Waals surface area contributed by atoms with Crippen LogP contribution in [0, 0.1) is 0 Å². The number of amides is 1. The van der Waals surface area contributed by atoms with E-state index < -0.39 is 0 Å². The molecule has 6 heteroatoms. The van der Waals surface area contributed by atoms with E-state index >= 15 is 0 Å². The first-order valence-electron chi connectivity index (χ1n) is 8.09. The predicted octanol–water partition coefficient (Wildman–Crippen LogP) is 4.10. The van der Waals surface area contributed by atoms with E-state index in [1.54, 1.807) is 31.5 Å². The van der Waals surface area contributed by atoms with Gasteiger partial charge in [0.25, 0.3) is 5.91 Å². The second-order valence-electron chi connectivity index (χ2n) is 5.75. The molecule has 0 spiro atoms. The van der Waals surface area contributed by atoms with Gasteiger partial charge in [0.15, 0.2) is 11.5 Å². The number of benzene rings is 2. The van der Waals surface area contributed by atoms with Crippen LogP contribution in [0.25, 0.3) is 10.6 Å². The smallest absolute Gasteiger partial charge is 0.273 e. The summed E-state index contributed by atoms with van der Waals surface area (Å²) in [5.41, 5.74) is 2.42. The van der Waals surface area contributed by atoms with Crippen LogP contribution in [-0.4, -0.2) is 37.1 Å². The largest absolute Gasteiger partial charge is 0.493 e. The Balaban J connectivity index is 1.73. The number of thiazole rings is 1. The molecule has 134 valence electrons. The number of hydrogen-bond acceptors (Lipinski definition) is 5. The van der Waals surface area contributed by atoms with Gasteiger partial charge in [0.2, 0.25) is 0 Å². The molecule has 0 N–H and O–H groups in total. The summed E-state index contributed by atoms with van der Waals surface area (Å²) < 4.78 is 10.6. The second kappa shape index (κ2) is 8.01. The van der Waals surface area contributed by atoms with Gasteiger partial charge in [-0.05, 0) is 17.7 Å². The third-order valence-electron chi connectivity index (χ3n) is 3.96. The SMILES string of the molecule is COc1ccc(CN(C)C(=O)c2csc(-c3ccccc3)n2)cc1OC. The van der Waals surface area contributed by atoms with Gasteiger partial charge in [0.05, 0.1) is 14.2 Å². The van der Waals surface area contributed by atoms with Gasteiger partial charge in [-0.3, -0.25) is 4.79 Å². The number of rotatable bonds is 6. The third kappa shape index (κ3) is 3.86. The van der Waals surface area contributed by atoms with Crippen molar-refractivity contribution in [2.24, 2.45) is 0 Å². The minimum atomic E-state index is -0.113. The van der Waals surface area contributed by atoms with Crippen LogP contribution in [0.1, 0.15) is 16.1 Å². The Morgan fingerprint density at radius 2 is 1.81 bits per heavy atom. The summed E-state index contributed by atoms with van der Waals surface area (Å²) in [6.07, 6.45) is 0. The van der Waals surface area contributed by atoms with E-state index in [0.29, 0.717) is 23.7 Å². The number of ether oxygens (including phenoxy) is 2. The molecule has 0 saturated heterocycles. The molecule has 0 bridgehead atoms. The van der Waals surface area contributed by atoms with Gasteiger partial charge in [0.1, 0.15) is 10.7 Å². The van der Waals surface area contributed by atoms with Gasteiger partial charge in [-0.25, -0.2) is 4.98 Å². The fraction of sp³-hybridized carbons (Fsp3) is 0.200. The number of hydrogen-bond donors (Lipinski definition) is 0. The molecule has 5 nitrogen and oxygen atoms in total. The summed E-state index contributed by atoms with van der Waals surface area (Å²) >= 11 is 1.47. The fourth-order valence-corrected chi connectivity index (χ4v) is 3.41. The average Bonchev–Trinajstić information content (AvgIpc) is 3.18. The Morgan fingerprint density at radius 1 is 1.08 bits per heavy atom. The van der Waals surface area contributed by atoms with E-state index in [2.05, 4.69) is 4.98 Å². The number of nitrogens with zero attached hydrogens (tertiary/aromatic N) is 2. The zero-order valence-electron chi connectivity index (χ0n) is 14.9. The molecular formula is C20H20N2O3S. The lowest BCUT2D eigenvalue weighted by Crippen LogP contribution is -2.26. The van der Waals surface area contributed by atoms with Crippen LogP contribution in [0.2, 0.25) is 0 Å². The Kier molecular flexibility index (Phi) is 5.53. The molecule has 2 aromatic carbocycles. The standard InChI is InChI=1S/C20H20N2O3S/c1-22(12-14-9-10-17(24-2)18(11-14)25-3)20(23)16-13-26-19(21-16)15-7-5-4-6-8-15/h4-11,13H,12H2,1-3H3. The van der Waals surface area contributed by atoms with E-state index in [-0.39, 0.29) is 5.91 Å². The third-order valence-corrected chi connectivity index (χ3v) is 4.85. The first-order valence-corrected chi connectivity index (χ1v) is 8.97. The maximum absolute atomic E-state index is 12.7. The first kappa shape index (κ1) is 17.9. The molecule has 0 fully saturated rings. The van der Waals surface area contributed by atoms with E-state index in [1.165, 1.54) is 11.3 Å². The van der Waals surface area contributed by atoms with Crippen molar-refractivity contribution in [3.05, 3.63) is 65.2 Å². The van der Waals surface area contributed by atoms with Crippen LogP contribution < -0.4 is 9.47 Å². The molecule has 3 rings (SSSR count). The van der Waals surface area contributed by atoms with Crippen molar-refractivity contribution in [3.63, 3.8) is 0 Å². The molecule has 0 aliphatic carbocycles. The molecule has 0 atom stereocenters. The van der Waals surface area contributed by atoms with Crippen molar-refractivity contribution in [1.82, 2.24) is 9.88 Å². The maximum atomic E-state index is 12.7. The number of aromatic nitrogens is 1. The lowest BCUT2D eigenvalue weighted by Gasteiger charge is -2.17. The molecule has 3 aromatic rings. The van der Waals surface area contributed by atoms with Crippen LogP contribution in [0.4, 0.5) is 0 Å². The second-order valence-corrected chi connectivity index (χ2v) is 6.61. The lowest BCUT2D eigenvalue weighted by molar-refractivity contribution is 0.0780. The van der Waals surface area contributed by atoms with Gasteiger partial charge in [-0.2, -0.15) is 0 Å². The Labute approximate surface area is 156 Å². The van der Waals surface area contributed by atoms with Crippen molar-refractivity contribution < 1.29 is 14.3 Å². The maximum Gasteiger partial charge on any atom is 0.273 e. The zero-order chi connectivity index (χ0) is 18.5. The first-order chi connectivity index (χ1) is 12.6. The zero-order valence-corrected chi connectivity index (χ0v) is 15.7. The van der Waals surface area contributed by atoms with Gasteiger partial charge < -0.3 is 14.4 Å². The summed E-state index contributed by atoms with van der Waals surface area (Å²) in [5.74, 6) is 1.20. The molecule has 0 aliphatic heterocycles. The average molecular weight is 368 g/mol. The molecule has 0 unspecified atom stereocenters. The summed E-state index contributed by atoms with van der Waals surface area (Å²) in [5, 5.41) is 2.64. The molecule has 0 aliphatic rings. The Morgan fingerprint density at radius 3 is 2.50 bits per heavy atom. The van der Waals surface area contributed by atoms with Crippen molar-refractivity contribution in [2.45, 2.75) is 6.54 Å². The molecular weight excluding hydrogens is 348 g/mol. The van der Waals surface area contributed by atoms with E-state index in [9.17, 15) is 4.79 Å². The van der Waals surface area contributed by atoms with Crippen LogP contribution >= 0.6 is 11.3 Å².